The molecule has 2 rings (SSSR count). The van der Waals surface area contributed by atoms with Crippen LogP contribution in [0.4, 0.5) is 13.2 Å². The van der Waals surface area contributed by atoms with E-state index in [1.54, 1.807) is 27.7 Å². The maximum atomic E-state index is 13.2. The van der Waals surface area contributed by atoms with Crippen LogP contribution in [0.3, 0.4) is 0 Å². The summed E-state index contributed by atoms with van der Waals surface area (Å²) in [6, 6.07) is 0.733. The van der Waals surface area contributed by atoms with Gasteiger partial charge in [0, 0.05) is 21.5 Å². The van der Waals surface area contributed by atoms with Gasteiger partial charge in [-0.25, -0.2) is 0 Å². The molecule has 0 N–H and O–H groups in total. The first kappa shape index (κ1) is 11.6. The Hall–Kier alpha value is -1.08. The van der Waals surface area contributed by atoms with Gasteiger partial charge in [0.1, 0.15) is 0 Å². The molecule has 0 aliphatic carbocycles. The molecule has 1 aromatic heterocycles. The third-order valence-electron chi connectivity index (χ3n) is 3.74. The van der Waals surface area contributed by atoms with E-state index in [9.17, 15) is 13.2 Å². The monoisotopic (exact) mass is 290 g/mol. The Labute approximate surface area is 120 Å². The molecule has 0 radical (unpaired) electrons. The van der Waals surface area contributed by atoms with Crippen molar-refractivity contribution in [3.05, 3.63) is 23.5 Å². The number of pyridine rings is 1. The molecule has 1 aromatic rings. The van der Waals surface area contributed by atoms with Gasteiger partial charge in [0.15, 0.2) is 0 Å². The molecule has 0 bridgehead atoms. The van der Waals surface area contributed by atoms with Gasteiger partial charge in [0.05, 0.1) is 16.8 Å². The van der Waals surface area contributed by atoms with Crippen LogP contribution in [0.25, 0.3) is 0 Å². The summed E-state index contributed by atoms with van der Waals surface area (Å²) < 4.78 is 72.5. The Kier molecular flexibility index (Phi) is 2.58. The smallest absolute Gasteiger partial charge is 0.399 e. The van der Waals surface area contributed by atoms with E-state index in [4.69, 9.17) is 13.4 Å². The lowest BCUT2D eigenvalue weighted by Crippen LogP contribution is -2.41. The minimum atomic E-state index is -4.84. The molecule has 1 saturated heterocycles. The first-order chi connectivity index (χ1) is 10.2. The maximum Gasteiger partial charge on any atom is 0.496 e. The topological polar surface area (TPSA) is 31.4 Å². The van der Waals surface area contributed by atoms with Crippen molar-refractivity contribution in [1.82, 2.24) is 4.98 Å². The number of hydrogen-bond donors (Lipinski definition) is 0. The zero-order valence-corrected chi connectivity index (χ0v) is 11.6. The fourth-order valence-electron chi connectivity index (χ4n) is 1.81. The van der Waals surface area contributed by atoms with Crippen molar-refractivity contribution >= 4 is 12.6 Å². The number of nitrogens with zero attached hydrogens (tertiary/aromatic N) is 1. The molecule has 0 unspecified atom stereocenters. The lowest BCUT2D eigenvalue weighted by atomic mass is 9.79. The minimum absolute atomic E-state index is 0.0315. The van der Waals surface area contributed by atoms with Crippen molar-refractivity contribution in [2.45, 2.75) is 51.9 Å². The highest BCUT2D eigenvalue weighted by atomic mass is 19.4. The van der Waals surface area contributed by atoms with Crippen molar-refractivity contribution in [1.29, 1.82) is 0 Å². The van der Waals surface area contributed by atoms with Gasteiger partial charge in [-0.05, 0) is 40.6 Å². The fraction of sp³-hybridized carbons (Fsp3) is 0.615. The first-order valence-electron chi connectivity index (χ1n) is 7.58. The van der Waals surface area contributed by atoms with E-state index >= 15 is 0 Å². The molecular formula is C13H17BF3NO2. The Morgan fingerprint density at radius 2 is 1.75 bits per heavy atom. The summed E-state index contributed by atoms with van der Waals surface area (Å²) in [5, 5.41) is 0. The number of aryl methyl sites for hydroxylation is 1. The molecule has 0 atom stereocenters. The molecule has 1 fully saturated rings. The van der Waals surface area contributed by atoms with Crippen molar-refractivity contribution < 1.29 is 26.6 Å². The standard InChI is InChI=1S/C13H17BF3NO2/c1-8-10(13(15,16)17)6-9(7-18-8)14-19-11(2,3)12(4,5)20-14/h6-7H,1-5H3/i1D3. The van der Waals surface area contributed by atoms with Crippen LogP contribution < -0.4 is 5.46 Å². The van der Waals surface area contributed by atoms with E-state index in [2.05, 4.69) is 4.98 Å². The van der Waals surface area contributed by atoms with E-state index in [0.717, 1.165) is 12.3 Å². The number of halogens is 3. The van der Waals surface area contributed by atoms with Gasteiger partial charge in [0.25, 0.3) is 0 Å². The Morgan fingerprint density at radius 1 is 1.20 bits per heavy atom. The summed E-state index contributed by atoms with van der Waals surface area (Å²) in [5.41, 5.74) is -3.70. The molecule has 1 aliphatic heterocycles. The van der Waals surface area contributed by atoms with Crippen LogP contribution in [0.1, 0.15) is 43.1 Å². The van der Waals surface area contributed by atoms with Gasteiger partial charge in [-0.15, -0.1) is 0 Å². The van der Waals surface area contributed by atoms with Crippen LogP contribution >= 0.6 is 0 Å². The van der Waals surface area contributed by atoms with Gasteiger partial charge in [-0.2, -0.15) is 13.2 Å². The number of hydrogen-bond acceptors (Lipinski definition) is 3. The van der Waals surface area contributed by atoms with Crippen LogP contribution in [-0.2, 0) is 15.5 Å². The van der Waals surface area contributed by atoms with Crippen molar-refractivity contribution in [3.8, 4) is 0 Å². The zero-order valence-electron chi connectivity index (χ0n) is 14.6. The van der Waals surface area contributed by atoms with Gasteiger partial charge in [0.2, 0.25) is 0 Å². The van der Waals surface area contributed by atoms with E-state index < -0.39 is 42.6 Å². The van der Waals surface area contributed by atoms with Crippen molar-refractivity contribution in [3.63, 3.8) is 0 Å². The van der Waals surface area contributed by atoms with E-state index in [1.165, 1.54) is 0 Å². The first-order valence-corrected chi connectivity index (χ1v) is 6.08. The highest BCUT2D eigenvalue weighted by Gasteiger charge is 2.52. The van der Waals surface area contributed by atoms with E-state index in [1.807, 2.05) is 0 Å². The van der Waals surface area contributed by atoms with E-state index in [0.29, 0.717) is 0 Å². The van der Waals surface area contributed by atoms with Gasteiger partial charge >= 0.3 is 13.3 Å². The lowest BCUT2D eigenvalue weighted by Gasteiger charge is -2.32. The Morgan fingerprint density at radius 3 is 2.20 bits per heavy atom. The molecule has 3 nitrogen and oxygen atoms in total. The normalized spacial score (nSPS) is 24.1. The zero-order chi connectivity index (χ0) is 17.8. The van der Waals surface area contributed by atoms with Gasteiger partial charge in [-0.1, -0.05) is 0 Å². The average Bonchev–Trinajstić information content (AvgIpc) is 2.55. The van der Waals surface area contributed by atoms with Crippen LogP contribution in [0.2, 0.25) is 0 Å². The molecule has 7 heteroatoms. The summed E-state index contributed by atoms with van der Waals surface area (Å²) in [6.45, 7) is 4.10. The summed E-state index contributed by atoms with van der Waals surface area (Å²) in [5.74, 6) is 0. The van der Waals surface area contributed by atoms with Crippen LogP contribution in [-0.4, -0.2) is 23.3 Å². The van der Waals surface area contributed by atoms with E-state index in [-0.39, 0.29) is 5.46 Å². The highest BCUT2D eigenvalue weighted by Crippen LogP contribution is 2.37. The second-order valence-electron chi connectivity index (χ2n) is 5.75. The molecule has 1 aliphatic rings. The van der Waals surface area contributed by atoms with Crippen LogP contribution in [0.5, 0.6) is 0 Å². The van der Waals surface area contributed by atoms with Crippen LogP contribution in [0.15, 0.2) is 12.3 Å². The predicted octanol–water partition coefficient (Wildman–Crippen LogP) is 2.71. The number of rotatable bonds is 1. The minimum Gasteiger partial charge on any atom is -0.399 e. The molecule has 0 aromatic carbocycles. The summed E-state index contributed by atoms with van der Waals surface area (Å²) in [4.78, 5) is 3.51. The highest BCUT2D eigenvalue weighted by molar-refractivity contribution is 6.62. The number of aromatic nitrogens is 1. The summed E-state index contributed by atoms with van der Waals surface area (Å²) >= 11 is 0. The molecule has 2 heterocycles. The Balaban J connectivity index is 2.48. The molecule has 0 amide bonds. The number of alkyl halides is 3. The van der Waals surface area contributed by atoms with Gasteiger partial charge < -0.3 is 9.31 Å². The molecule has 110 valence electrons. The van der Waals surface area contributed by atoms with Gasteiger partial charge in [-0.3, -0.25) is 4.98 Å². The van der Waals surface area contributed by atoms with Crippen molar-refractivity contribution in [2.75, 3.05) is 0 Å². The summed E-state index contributed by atoms with van der Waals surface area (Å²) in [6.07, 6.45) is -3.78. The molecule has 0 spiro atoms. The summed E-state index contributed by atoms with van der Waals surface area (Å²) in [7, 11) is -1.04. The Bertz CT molecular complexity index is 601. The lowest BCUT2D eigenvalue weighted by molar-refractivity contribution is -0.138. The maximum absolute atomic E-state index is 13.2. The SMILES string of the molecule is [2H]C([2H])([2H])c1ncc(B2OC(C)(C)C(C)(C)O2)cc1C(F)(F)F. The third kappa shape index (κ3) is 2.56. The quantitative estimate of drug-likeness (QED) is 0.745. The third-order valence-corrected chi connectivity index (χ3v) is 3.74. The average molecular weight is 290 g/mol. The van der Waals surface area contributed by atoms with Crippen LogP contribution in [0, 0.1) is 6.85 Å². The predicted molar refractivity (Wildman–Crippen MR) is 69.7 cm³/mol. The largest absolute Gasteiger partial charge is 0.496 e. The molecular weight excluding hydrogens is 270 g/mol. The second-order valence-corrected chi connectivity index (χ2v) is 5.75. The molecule has 0 saturated carbocycles. The molecule has 20 heavy (non-hydrogen) atoms. The second kappa shape index (κ2) is 4.46. The van der Waals surface area contributed by atoms with Crippen molar-refractivity contribution in [2.24, 2.45) is 0 Å². The fourth-order valence-corrected chi connectivity index (χ4v) is 1.81.